The van der Waals surface area contributed by atoms with Crippen LogP contribution in [0, 0.1) is 6.92 Å². The third-order valence-corrected chi connectivity index (χ3v) is 4.70. The number of aromatic amines is 1. The van der Waals surface area contributed by atoms with Crippen molar-refractivity contribution >= 4 is 5.91 Å². The predicted molar refractivity (Wildman–Crippen MR) is 76.7 cm³/mol. The summed E-state index contributed by atoms with van der Waals surface area (Å²) in [6, 6.07) is 0. The van der Waals surface area contributed by atoms with Crippen LogP contribution in [0.2, 0.25) is 0 Å². The smallest absolute Gasteiger partial charge is 0.352 e. The Kier molecular flexibility index (Phi) is 4.09. The molecule has 0 unspecified atom stereocenters. The minimum absolute atomic E-state index is 0.0180. The Morgan fingerprint density at radius 1 is 1.35 bits per heavy atom. The average Bonchev–Trinajstić information content (AvgIpc) is 2.89. The lowest BCUT2D eigenvalue weighted by Gasteiger charge is -2.44. The number of hydrogen-bond acceptors (Lipinski definition) is 5. The van der Waals surface area contributed by atoms with Crippen molar-refractivity contribution in [3.63, 3.8) is 0 Å². The van der Waals surface area contributed by atoms with Gasteiger partial charge >= 0.3 is 5.92 Å². The summed E-state index contributed by atoms with van der Waals surface area (Å²) in [4.78, 5) is 19.5. The SMILES string of the molecule is Cc1nc(CN2CCN(C(=O)C(F)(F)C3(O)CCC3)CC2)n[nH]1. The number of amides is 1. The van der Waals surface area contributed by atoms with E-state index in [1.165, 1.54) is 0 Å². The molecule has 23 heavy (non-hydrogen) atoms. The highest BCUT2D eigenvalue weighted by atomic mass is 19.3. The topological polar surface area (TPSA) is 85.3 Å². The van der Waals surface area contributed by atoms with Crippen LogP contribution < -0.4 is 0 Å². The molecule has 1 aliphatic carbocycles. The molecule has 0 radical (unpaired) electrons. The van der Waals surface area contributed by atoms with Gasteiger partial charge in [0, 0.05) is 26.2 Å². The number of aliphatic hydroxyl groups is 1. The lowest BCUT2D eigenvalue weighted by atomic mass is 9.75. The second-order valence-corrected chi connectivity index (χ2v) is 6.36. The standard InChI is InChI=1S/C14H21F2N5O2/c1-10-17-11(19-18-10)9-20-5-7-21(8-6-20)12(22)14(15,16)13(23)3-2-4-13/h23H,2-9H2,1H3,(H,17,18,19). The van der Waals surface area contributed by atoms with Gasteiger partial charge in [0.15, 0.2) is 5.82 Å². The first-order valence-corrected chi connectivity index (χ1v) is 7.82. The van der Waals surface area contributed by atoms with E-state index in [4.69, 9.17) is 0 Å². The Morgan fingerprint density at radius 2 is 2.00 bits per heavy atom. The van der Waals surface area contributed by atoms with Crippen molar-refractivity contribution in [2.75, 3.05) is 26.2 Å². The van der Waals surface area contributed by atoms with E-state index < -0.39 is 17.4 Å². The van der Waals surface area contributed by atoms with Crippen LogP contribution in [-0.2, 0) is 11.3 Å². The molecule has 1 aromatic rings. The molecule has 1 saturated carbocycles. The number of carbonyl (C=O) groups excluding carboxylic acids is 1. The molecule has 2 heterocycles. The summed E-state index contributed by atoms with van der Waals surface area (Å²) in [5, 5.41) is 16.7. The summed E-state index contributed by atoms with van der Waals surface area (Å²) in [5.74, 6) is -3.58. The van der Waals surface area contributed by atoms with Crippen LogP contribution in [-0.4, -0.2) is 73.7 Å². The van der Waals surface area contributed by atoms with E-state index in [-0.39, 0.29) is 25.9 Å². The lowest BCUT2D eigenvalue weighted by Crippen LogP contribution is -2.63. The van der Waals surface area contributed by atoms with Gasteiger partial charge in [0.05, 0.1) is 6.54 Å². The van der Waals surface area contributed by atoms with Crippen molar-refractivity contribution in [1.29, 1.82) is 0 Å². The highest BCUT2D eigenvalue weighted by Gasteiger charge is 2.62. The fourth-order valence-corrected chi connectivity index (χ4v) is 2.99. The van der Waals surface area contributed by atoms with Crippen LogP contribution in [0.3, 0.4) is 0 Å². The van der Waals surface area contributed by atoms with Gasteiger partial charge in [-0.3, -0.25) is 14.8 Å². The predicted octanol–water partition coefficient (Wildman–Crippen LogP) is 0.308. The Hall–Kier alpha value is -1.61. The summed E-state index contributed by atoms with van der Waals surface area (Å²) in [6.45, 7) is 3.72. The third-order valence-electron chi connectivity index (χ3n) is 4.70. The number of aromatic nitrogens is 3. The van der Waals surface area contributed by atoms with Gasteiger partial charge in [-0.15, -0.1) is 0 Å². The molecule has 1 saturated heterocycles. The quantitative estimate of drug-likeness (QED) is 0.830. The van der Waals surface area contributed by atoms with Gasteiger partial charge in [-0.2, -0.15) is 13.9 Å². The molecule has 2 N–H and O–H groups in total. The maximum Gasteiger partial charge on any atom is 0.352 e. The first-order valence-electron chi connectivity index (χ1n) is 7.82. The molecule has 1 aromatic heterocycles. The summed E-state index contributed by atoms with van der Waals surface area (Å²) in [6.07, 6.45) is 0.495. The molecular formula is C14H21F2N5O2. The average molecular weight is 329 g/mol. The molecule has 2 aliphatic rings. The van der Waals surface area contributed by atoms with Gasteiger partial charge in [-0.05, 0) is 26.2 Å². The molecular weight excluding hydrogens is 308 g/mol. The maximum absolute atomic E-state index is 14.2. The van der Waals surface area contributed by atoms with E-state index in [2.05, 4.69) is 15.2 Å². The Bertz CT molecular complexity index is 579. The highest BCUT2D eigenvalue weighted by molar-refractivity contribution is 5.85. The van der Waals surface area contributed by atoms with Crippen LogP contribution >= 0.6 is 0 Å². The summed E-state index contributed by atoms with van der Waals surface area (Å²) in [5.41, 5.74) is -2.16. The number of H-pyrrole nitrogens is 1. The number of rotatable bonds is 4. The molecule has 0 bridgehead atoms. The zero-order valence-corrected chi connectivity index (χ0v) is 13.1. The first-order chi connectivity index (χ1) is 10.8. The summed E-state index contributed by atoms with van der Waals surface area (Å²) in [7, 11) is 0. The van der Waals surface area contributed by atoms with Crippen LogP contribution in [0.1, 0.15) is 30.9 Å². The molecule has 1 amide bonds. The highest BCUT2D eigenvalue weighted by Crippen LogP contribution is 2.45. The fourth-order valence-electron chi connectivity index (χ4n) is 2.99. The largest absolute Gasteiger partial charge is 0.383 e. The number of carbonyl (C=O) groups is 1. The maximum atomic E-state index is 14.2. The van der Waals surface area contributed by atoms with Crippen LogP contribution in [0.4, 0.5) is 8.78 Å². The van der Waals surface area contributed by atoms with Crippen LogP contribution in [0.15, 0.2) is 0 Å². The van der Waals surface area contributed by atoms with Gasteiger partial charge in [-0.1, -0.05) is 0 Å². The van der Waals surface area contributed by atoms with Gasteiger partial charge in [0.25, 0.3) is 5.91 Å². The number of aryl methyl sites for hydroxylation is 1. The Labute approximate surface area is 132 Å². The van der Waals surface area contributed by atoms with Crippen molar-refractivity contribution in [2.24, 2.45) is 0 Å². The number of hydrogen-bond donors (Lipinski definition) is 2. The normalized spacial score (nSPS) is 22.0. The number of nitrogens with zero attached hydrogens (tertiary/aromatic N) is 4. The van der Waals surface area contributed by atoms with Crippen molar-refractivity contribution in [3.05, 3.63) is 11.6 Å². The molecule has 3 rings (SSSR count). The minimum Gasteiger partial charge on any atom is -0.383 e. The molecule has 128 valence electrons. The van der Waals surface area contributed by atoms with E-state index in [0.29, 0.717) is 31.9 Å². The lowest BCUT2D eigenvalue weighted by molar-refractivity contribution is -0.224. The van der Waals surface area contributed by atoms with Gasteiger partial charge in [-0.25, -0.2) is 4.98 Å². The molecule has 0 spiro atoms. The molecule has 0 atom stereocenters. The Morgan fingerprint density at radius 3 is 2.48 bits per heavy atom. The van der Waals surface area contributed by atoms with E-state index >= 15 is 0 Å². The zero-order valence-electron chi connectivity index (χ0n) is 13.1. The molecule has 1 aliphatic heterocycles. The molecule has 7 nitrogen and oxygen atoms in total. The third kappa shape index (κ3) is 2.94. The van der Waals surface area contributed by atoms with E-state index in [0.717, 1.165) is 10.7 Å². The number of halogens is 2. The van der Waals surface area contributed by atoms with Crippen molar-refractivity contribution in [1.82, 2.24) is 25.0 Å². The number of piperazine rings is 1. The number of alkyl halides is 2. The van der Waals surface area contributed by atoms with Crippen molar-refractivity contribution < 1.29 is 18.7 Å². The molecule has 0 aromatic carbocycles. The zero-order chi connectivity index (χ0) is 16.7. The van der Waals surface area contributed by atoms with Crippen molar-refractivity contribution in [2.45, 2.75) is 44.3 Å². The Balaban J connectivity index is 1.55. The van der Waals surface area contributed by atoms with Crippen LogP contribution in [0.5, 0.6) is 0 Å². The first kappa shape index (κ1) is 16.3. The second-order valence-electron chi connectivity index (χ2n) is 6.36. The van der Waals surface area contributed by atoms with Crippen LogP contribution in [0.25, 0.3) is 0 Å². The molecule has 2 fully saturated rings. The van der Waals surface area contributed by atoms with E-state index in [1.807, 2.05) is 4.90 Å². The molecule has 9 heteroatoms. The second kappa shape index (κ2) is 5.79. The van der Waals surface area contributed by atoms with Crippen molar-refractivity contribution in [3.8, 4) is 0 Å². The van der Waals surface area contributed by atoms with Gasteiger partial charge < -0.3 is 10.0 Å². The summed E-state index contributed by atoms with van der Waals surface area (Å²) < 4.78 is 28.4. The fraction of sp³-hybridized carbons (Fsp3) is 0.786. The minimum atomic E-state index is -3.70. The van der Waals surface area contributed by atoms with E-state index in [9.17, 15) is 18.7 Å². The van der Waals surface area contributed by atoms with Gasteiger partial charge in [0.2, 0.25) is 0 Å². The van der Waals surface area contributed by atoms with Gasteiger partial charge in [0.1, 0.15) is 11.4 Å². The monoisotopic (exact) mass is 329 g/mol. The van der Waals surface area contributed by atoms with E-state index in [1.54, 1.807) is 6.92 Å². The number of nitrogens with one attached hydrogen (secondary N) is 1. The summed E-state index contributed by atoms with van der Waals surface area (Å²) >= 11 is 0.